The van der Waals surface area contributed by atoms with Crippen LogP contribution in [0.4, 0.5) is 26.1 Å². The zero-order valence-electron chi connectivity index (χ0n) is 22.3. The van der Waals surface area contributed by atoms with Gasteiger partial charge in [0.2, 0.25) is 11.9 Å². The second kappa shape index (κ2) is 9.94. The van der Waals surface area contributed by atoms with E-state index < -0.39 is 17.2 Å². The molecule has 2 aromatic heterocycles. The number of halogens is 2. The number of nitrogens with two attached hydrogens (primary N) is 1. The van der Waals surface area contributed by atoms with E-state index in [0.717, 1.165) is 20.9 Å². The van der Waals surface area contributed by atoms with Crippen LogP contribution in [-0.4, -0.2) is 34.2 Å². The van der Waals surface area contributed by atoms with Crippen molar-refractivity contribution >= 4 is 40.3 Å². The number of nitrogens with one attached hydrogen (secondary N) is 1. The summed E-state index contributed by atoms with van der Waals surface area (Å²) in [6.45, 7) is 7.38. The number of carbonyl (C=O) groups excluding carboxylic acids is 1. The van der Waals surface area contributed by atoms with Gasteiger partial charge in [0.1, 0.15) is 11.6 Å². The van der Waals surface area contributed by atoms with Gasteiger partial charge in [0.25, 0.3) is 0 Å². The Morgan fingerprint density at radius 3 is 2.41 bits per heavy atom. The lowest BCUT2D eigenvalue weighted by Crippen LogP contribution is -2.49. The van der Waals surface area contributed by atoms with Gasteiger partial charge in [-0.2, -0.15) is 0 Å². The number of fused-ring (bicyclic) bond motifs is 3. The lowest BCUT2D eigenvalue weighted by molar-refractivity contribution is -0.122. The SMILES string of the molecule is Cc1sc(C)c2c1C(c1c(F)cccc1F)=NCc1cnc(Nc3cccc(N(C)C(=O)C(C)(C)N)c3)nc1-2. The van der Waals surface area contributed by atoms with Crippen LogP contribution in [0.25, 0.3) is 11.3 Å². The maximum absolute atomic E-state index is 14.9. The topological polar surface area (TPSA) is 96.5 Å². The van der Waals surface area contributed by atoms with Crippen LogP contribution in [0.1, 0.15) is 40.3 Å². The van der Waals surface area contributed by atoms with Gasteiger partial charge in [-0.1, -0.05) is 12.1 Å². The molecule has 1 aliphatic rings. The zero-order valence-corrected chi connectivity index (χ0v) is 23.1. The van der Waals surface area contributed by atoms with E-state index in [9.17, 15) is 13.6 Å². The van der Waals surface area contributed by atoms with E-state index in [1.54, 1.807) is 27.1 Å². The molecule has 7 nitrogen and oxygen atoms in total. The van der Waals surface area contributed by atoms with Crippen molar-refractivity contribution in [2.45, 2.75) is 39.8 Å². The summed E-state index contributed by atoms with van der Waals surface area (Å²) in [5.74, 6) is -1.21. The van der Waals surface area contributed by atoms with Crippen molar-refractivity contribution in [3.05, 3.63) is 86.7 Å². The lowest BCUT2D eigenvalue weighted by atomic mass is 9.95. The second-order valence-electron chi connectivity index (χ2n) is 10.1. The number of carbonyl (C=O) groups is 1. The standard InChI is InChI=1S/C29H28F2N6OS/c1-15-22-23(16(2)39-15)26(24-20(30)10-7-11-21(24)31)33-13-17-14-34-28(36-25(17)22)35-18-8-6-9-19(12-18)37(5)27(38)29(3,4)32/h6-12,14H,13,32H2,1-5H3,(H,34,35,36). The van der Waals surface area contributed by atoms with Crippen molar-refractivity contribution in [2.24, 2.45) is 10.7 Å². The van der Waals surface area contributed by atoms with E-state index in [1.807, 2.05) is 38.1 Å². The molecule has 1 amide bonds. The summed E-state index contributed by atoms with van der Waals surface area (Å²) in [6, 6.07) is 11.1. The second-order valence-corrected chi connectivity index (χ2v) is 11.5. The molecule has 4 aromatic rings. The van der Waals surface area contributed by atoms with Crippen LogP contribution in [0.15, 0.2) is 53.7 Å². The Hall–Kier alpha value is -4.02. The van der Waals surface area contributed by atoms with Crippen LogP contribution >= 0.6 is 11.3 Å². The quantitative estimate of drug-likeness (QED) is 0.325. The molecule has 200 valence electrons. The van der Waals surface area contributed by atoms with Gasteiger partial charge >= 0.3 is 0 Å². The van der Waals surface area contributed by atoms with E-state index in [2.05, 4.69) is 15.3 Å². The highest BCUT2D eigenvalue weighted by molar-refractivity contribution is 7.12. The number of hydrogen-bond donors (Lipinski definition) is 2. The van der Waals surface area contributed by atoms with E-state index in [1.165, 1.54) is 34.4 Å². The molecule has 0 unspecified atom stereocenters. The van der Waals surface area contributed by atoms with Crippen LogP contribution in [0, 0.1) is 25.5 Å². The summed E-state index contributed by atoms with van der Waals surface area (Å²) in [7, 11) is 1.67. The van der Waals surface area contributed by atoms with Gasteiger partial charge in [-0.25, -0.2) is 18.7 Å². The average molecular weight is 547 g/mol. The first-order valence-electron chi connectivity index (χ1n) is 12.3. The molecule has 2 aromatic carbocycles. The molecule has 0 spiro atoms. The maximum atomic E-state index is 14.9. The average Bonchev–Trinajstić information content (AvgIpc) is 3.07. The van der Waals surface area contributed by atoms with E-state index in [-0.39, 0.29) is 23.7 Å². The Labute approximate surface area is 229 Å². The van der Waals surface area contributed by atoms with Gasteiger partial charge in [-0.05, 0) is 58.0 Å². The summed E-state index contributed by atoms with van der Waals surface area (Å²) in [4.78, 5) is 30.0. The summed E-state index contributed by atoms with van der Waals surface area (Å²) < 4.78 is 29.7. The molecular weight excluding hydrogens is 518 g/mol. The molecule has 0 saturated heterocycles. The monoisotopic (exact) mass is 546 g/mol. The Balaban J connectivity index is 1.54. The third-order valence-corrected chi connectivity index (χ3v) is 7.57. The Morgan fingerprint density at radius 2 is 1.72 bits per heavy atom. The molecule has 0 bridgehead atoms. The minimum Gasteiger partial charge on any atom is -0.324 e. The number of likely N-dealkylation sites (N-methyl/N-ethyl adjacent to an activating group) is 1. The van der Waals surface area contributed by atoms with E-state index in [4.69, 9.17) is 10.7 Å². The molecular formula is C29H28F2N6OS. The van der Waals surface area contributed by atoms with Crippen LogP contribution in [0.3, 0.4) is 0 Å². The van der Waals surface area contributed by atoms with Gasteiger partial charge in [-0.3, -0.25) is 9.79 Å². The molecule has 1 aliphatic heterocycles. The fraction of sp³-hybridized carbons (Fsp3) is 0.241. The number of hydrogen-bond acceptors (Lipinski definition) is 7. The number of aromatic nitrogens is 2. The van der Waals surface area contributed by atoms with E-state index in [0.29, 0.717) is 28.6 Å². The number of anilines is 3. The van der Waals surface area contributed by atoms with Gasteiger partial charge in [0.05, 0.1) is 29.1 Å². The Kier molecular flexibility index (Phi) is 6.77. The predicted molar refractivity (Wildman–Crippen MR) is 152 cm³/mol. The minimum absolute atomic E-state index is 0.144. The lowest BCUT2D eigenvalue weighted by Gasteiger charge is -2.26. The molecule has 0 atom stereocenters. The van der Waals surface area contributed by atoms with Gasteiger partial charge in [-0.15, -0.1) is 11.3 Å². The Morgan fingerprint density at radius 1 is 1.05 bits per heavy atom. The molecule has 0 fully saturated rings. The molecule has 0 saturated carbocycles. The predicted octanol–water partition coefficient (Wildman–Crippen LogP) is 5.89. The summed E-state index contributed by atoms with van der Waals surface area (Å²) in [5.41, 5.74) is 9.33. The van der Waals surface area contributed by atoms with Crippen molar-refractivity contribution in [2.75, 3.05) is 17.3 Å². The van der Waals surface area contributed by atoms with Crippen LogP contribution in [0.5, 0.6) is 0 Å². The molecule has 0 aliphatic carbocycles. The third-order valence-electron chi connectivity index (χ3n) is 6.55. The highest BCUT2D eigenvalue weighted by Gasteiger charge is 2.30. The fourth-order valence-corrected chi connectivity index (χ4v) is 5.76. The minimum atomic E-state index is -1.01. The number of aliphatic imine (C=N–C) groups is 1. The van der Waals surface area contributed by atoms with Crippen LogP contribution < -0.4 is 16.0 Å². The summed E-state index contributed by atoms with van der Waals surface area (Å²) >= 11 is 1.53. The summed E-state index contributed by atoms with van der Waals surface area (Å²) in [6.07, 6.45) is 1.68. The highest BCUT2D eigenvalue weighted by atomic mass is 32.1. The molecule has 3 heterocycles. The highest BCUT2D eigenvalue weighted by Crippen LogP contribution is 2.41. The smallest absolute Gasteiger partial charge is 0.246 e. The Bertz CT molecular complexity index is 1620. The first-order chi connectivity index (χ1) is 18.5. The normalized spacial score (nSPS) is 12.8. The van der Waals surface area contributed by atoms with Crippen molar-refractivity contribution in [1.82, 2.24) is 9.97 Å². The van der Waals surface area contributed by atoms with Gasteiger partial charge in [0.15, 0.2) is 0 Å². The van der Waals surface area contributed by atoms with Crippen molar-refractivity contribution in [1.29, 1.82) is 0 Å². The van der Waals surface area contributed by atoms with Gasteiger partial charge in [0, 0.05) is 51.1 Å². The number of aryl methyl sites for hydroxylation is 2. The first kappa shape index (κ1) is 26.6. The molecule has 0 radical (unpaired) electrons. The molecule has 5 rings (SSSR count). The zero-order chi connectivity index (χ0) is 28.1. The van der Waals surface area contributed by atoms with Crippen LogP contribution in [0.2, 0.25) is 0 Å². The number of rotatable bonds is 5. The number of amides is 1. The number of thiophene rings is 1. The van der Waals surface area contributed by atoms with Crippen molar-refractivity contribution in [3.63, 3.8) is 0 Å². The fourth-order valence-electron chi connectivity index (χ4n) is 4.70. The third kappa shape index (κ3) is 4.93. The van der Waals surface area contributed by atoms with Crippen LogP contribution in [-0.2, 0) is 11.3 Å². The van der Waals surface area contributed by atoms with E-state index >= 15 is 0 Å². The summed E-state index contributed by atoms with van der Waals surface area (Å²) in [5, 5.41) is 3.22. The number of nitrogens with zero attached hydrogens (tertiary/aromatic N) is 4. The largest absolute Gasteiger partial charge is 0.324 e. The molecule has 3 N–H and O–H groups in total. The molecule has 39 heavy (non-hydrogen) atoms. The molecule has 10 heteroatoms. The van der Waals surface area contributed by atoms with Crippen molar-refractivity contribution < 1.29 is 13.6 Å². The number of benzene rings is 2. The first-order valence-corrected chi connectivity index (χ1v) is 13.2. The van der Waals surface area contributed by atoms with Crippen molar-refractivity contribution in [3.8, 4) is 11.3 Å². The maximum Gasteiger partial charge on any atom is 0.246 e. The van der Waals surface area contributed by atoms with Gasteiger partial charge < -0.3 is 16.0 Å².